The van der Waals surface area contributed by atoms with Crippen molar-refractivity contribution in [3.8, 4) is 11.6 Å². The molecule has 0 N–H and O–H groups in total. The molecule has 0 amide bonds. The molecule has 1 rings (SSSR count). The standard InChI is InChI=1S/C11H12F3NO4/c1-4-18-10(16)8-7(19-11(12,13)14)5-6(2)15-9(8)17-3/h5H,4H2,1-3H3. The third-order valence-electron chi connectivity index (χ3n) is 1.98. The molecule has 0 aromatic carbocycles. The lowest BCUT2D eigenvalue weighted by molar-refractivity contribution is -0.274. The summed E-state index contributed by atoms with van der Waals surface area (Å²) in [7, 11) is 1.18. The lowest BCUT2D eigenvalue weighted by Gasteiger charge is -2.15. The molecule has 106 valence electrons. The van der Waals surface area contributed by atoms with Crippen molar-refractivity contribution >= 4 is 5.97 Å². The topological polar surface area (TPSA) is 57.7 Å². The predicted molar refractivity (Wildman–Crippen MR) is 58.2 cm³/mol. The molecular weight excluding hydrogens is 267 g/mol. The van der Waals surface area contributed by atoms with Gasteiger partial charge in [-0.1, -0.05) is 0 Å². The van der Waals surface area contributed by atoms with Crippen LogP contribution in [-0.2, 0) is 4.74 Å². The Morgan fingerprint density at radius 3 is 2.53 bits per heavy atom. The molecular formula is C11H12F3NO4. The highest BCUT2D eigenvalue weighted by molar-refractivity contribution is 5.95. The SMILES string of the molecule is CCOC(=O)c1c(OC(F)(F)F)cc(C)nc1OC. The van der Waals surface area contributed by atoms with E-state index < -0.39 is 23.6 Å². The number of alkyl halides is 3. The number of aryl methyl sites for hydroxylation is 1. The summed E-state index contributed by atoms with van der Waals surface area (Å²) in [6.07, 6.45) is -4.93. The maximum Gasteiger partial charge on any atom is 0.573 e. The molecule has 0 aliphatic carbocycles. The second-order valence-corrected chi connectivity index (χ2v) is 3.41. The zero-order valence-corrected chi connectivity index (χ0v) is 10.5. The van der Waals surface area contributed by atoms with E-state index in [1.54, 1.807) is 0 Å². The Morgan fingerprint density at radius 1 is 1.42 bits per heavy atom. The summed E-state index contributed by atoms with van der Waals surface area (Å²) in [6, 6.07) is 0.988. The Hall–Kier alpha value is -1.99. The third kappa shape index (κ3) is 4.01. The van der Waals surface area contributed by atoms with E-state index >= 15 is 0 Å². The quantitative estimate of drug-likeness (QED) is 0.792. The number of hydrogen-bond donors (Lipinski definition) is 0. The van der Waals surface area contributed by atoms with Crippen LogP contribution in [0.5, 0.6) is 11.6 Å². The maximum absolute atomic E-state index is 12.3. The minimum absolute atomic E-state index is 0.00131. The molecule has 0 aliphatic rings. The zero-order chi connectivity index (χ0) is 14.6. The van der Waals surface area contributed by atoms with Crippen molar-refractivity contribution in [2.24, 2.45) is 0 Å². The van der Waals surface area contributed by atoms with Crippen molar-refractivity contribution in [2.75, 3.05) is 13.7 Å². The van der Waals surface area contributed by atoms with E-state index in [9.17, 15) is 18.0 Å². The van der Waals surface area contributed by atoms with Gasteiger partial charge in [-0.05, 0) is 13.8 Å². The fourth-order valence-electron chi connectivity index (χ4n) is 1.36. The van der Waals surface area contributed by atoms with Crippen LogP contribution in [-0.4, -0.2) is 31.0 Å². The highest BCUT2D eigenvalue weighted by Crippen LogP contribution is 2.32. The number of pyridine rings is 1. The number of carbonyl (C=O) groups excluding carboxylic acids is 1. The van der Waals surface area contributed by atoms with Crippen LogP contribution in [0.4, 0.5) is 13.2 Å². The summed E-state index contributed by atoms with van der Waals surface area (Å²) in [5.74, 6) is -1.97. The third-order valence-corrected chi connectivity index (χ3v) is 1.98. The van der Waals surface area contributed by atoms with Crippen LogP contribution in [0.25, 0.3) is 0 Å². The fraction of sp³-hybridized carbons (Fsp3) is 0.455. The monoisotopic (exact) mass is 279 g/mol. The minimum atomic E-state index is -4.93. The van der Waals surface area contributed by atoms with E-state index in [-0.39, 0.29) is 18.2 Å². The highest BCUT2D eigenvalue weighted by atomic mass is 19.4. The van der Waals surface area contributed by atoms with Crippen LogP contribution in [0.3, 0.4) is 0 Å². The van der Waals surface area contributed by atoms with E-state index in [4.69, 9.17) is 4.74 Å². The van der Waals surface area contributed by atoms with Gasteiger partial charge in [-0.2, -0.15) is 0 Å². The number of hydrogen-bond acceptors (Lipinski definition) is 5. The van der Waals surface area contributed by atoms with Crippen LogP contribution >= 0.6 is 0 Å². The maximum atomic E-state index is 12.3. The number of aromatic nitrogens is 1. The van der Waals surface area contributed by atoms with Gasteiger partial charge in [-0.25, -0.2) is 9.78 Å². The Balaban J connectivity index is 3.33. The molecule has 0 aliphatic heterocycles. The van der Waals surface area contributed by atoms with Crippen molar-refractivity contribution in [1.29, 1.82) is 0 Å². The van der Waals surface area contributed by atoms with Crippen molar-refractivity contribution in [1.82, 2.24) is 4.98 Å². The van der Waals surface area contributed by atoms with Crippen LogP contribution in [0.15, 0.2) is 6.07 Å². The van der Waals surface area contributed by atoms with E-state index in [0.29, 0.717) is 0 Å². The number of nitrogens with zero attached hydrogens (tertiary/aromatic N) is 1. The second-order valence-electron chi connectivity index (χ2n) is 3.41. The summed E-state index contributed by atoms with van der Waals surface area (Å²) < 4.78 is 50.2. The number of esters is 1. The van der Waals surface area contributed by atoms with E-state index in [2.05, 4.69) is 14.5 Å². The Kier molecular flexibility index (Phi) is 4.57. The average molecular weight is 279 g/mol. The molecule has 1 heterocycles. The van der Waals surface area contributed by atoms with E-state index in [1.165, 1.54) is 21.0 Å². The van der Waals surface area contributed by atoms with Crippen LogP contribution in [0.1, 0.15) is 23.0 Å². The molecule has 1 aromatic rings. The normalized spacial score (nSPS) is 11.1. The highest BCUT2D eigenvalue weighted by Gasteiger charge is 2.35. The number of ether oxygens (including phenoxy) is 3. The molecule has 0 fully saturated rings. The van der Waals surface area contributed by atoms with E-state index in [1.807, 2.05) is 0 Å². The summed E-state index contributed by atoms with van der Waals surface area (Å²) in [6.45, 7) is 2.97. The molecule has 0 unspecified atom stereocenters. The number of carbonyl (C=O) groups is 1. The summed E-state index contributed by atoms with van der Waals surface area (Å²) >= 11 is 0. The van der Waals surface area contributed by atoms with E-state index in [0.717, 1.165) is 6.07 Å². The number of halogens is 3. The fourth-order valence-corrected chi connectivity index (χ4v) is 1.36. The number of methoxy groups -OCH3 is 1. The van der Waals surface area contributed by atoms with Gasteiger partial charge in [0.25, 0.3) is 0 Å². The zero-order valence-electron chi connectivity index (χ0n) is 10.5. The van der Waals surface area contributed by atoms with Crippen molar-refractivity contribution in [2.45, 2.75) is 20.2 Å². The van der Waals surface area contributed by atoms with Gasteiger partial charge in [-0.3, -0.25) is 0 Å². The summed E-state index contributed by atoms with van der Waals surface area (Å²) in [4.78, 5) is 15.5. The molecule has 5 nitrogen and oxygen atoms in total. The van der Waals surface area contributed by atoms with Crippen LogP contribution in [0.2, 0.25) is 0 Å². The Labute approximate surface area is 107 Å². The average Bonchev–Trinajstić information content (AvgIpc) is 2.25. The van der Waals surface area contributed by atoms with Gasteiger partial charge in [0.2, 0.25) is 5.88 Å². The van der Waals surface area contributed by atoms with Gasteiger partial charge in [-0.15, -0.1) is 13.2 Å². The molecule has 0 spiro atoms. The molecule has 19 heavy (non-hydrogen) atoms. The molecule has 0 radical (unpaired) electrons. The smallest absolute Gasteiger partial charge is 0.480 e. The van der Waals surface area contributed by atoms with Gasteiger partial charge < -0.3 is 14.2 Å². The Bertz CT molecular complexity index is 474. The minimum Gasteiger partial charge on any atom is -0.480 e. The van der Waals surface area contributed by atoms with Crippen molar-refractivity contribution in [3.63, 3.8) is 0 Å². The summed E-state index contributed by atoms with van der Waals surface area (Å²) in [5.41, 5.74) is -0.281. The van der Waals surface area contributed by atoms with Gasteiger partial charge in [0, 0.05) is 11.8 Å². The molecule has 0 bridgehead atoms. The largest absolute Gasteiger partial charge is 0.573 e. The molecule has 8 heteroatoms. The molecule has 0 saturated carbocycles. The first kappa shape index (κ1) is 15.1. The first-order chi connectivity index (χ1) is 8.78. The second kappa shape index (κ2) is 5.77. The van der Waals surface area contributed by atoms with Gasteiger partial charge >= 0.3 is 12.3 Å². The van der Waals surface area contributed by atoms with Crippen LogP contribution in [0, 0.1) is 6.92 Å². The molecule has 0 atom stereocenters. The molecule has 1 aromatic heterocycles. The Morgan fingerprint density at radius 2 is 2.05 bits per heavy atom. The molecule has 0 saturated heterocycles. The van der Waals surface area contributed by atoms with Gasteiger partial charge in [0.05, 0.1) is 13.7 Å². The van der Waals surface area contributed by atoms with Crippen LogP contribution < -0.4 is 9.47 Å². The van der Waals surface area contributed by atoms with Crippen molar-refractivity contribution < 1.29 is 32.2 Å². The predicted octanol–water partition coefficient (Wildman–Crippen LogP) is 2.47. The first-order valence-electron chi connectivity index (χ1n) is 5.27. The lowest BCUT2D eigenvalue weighted by atomic mass is 10.2. The lowest BCUT2D eigenvalue weighted by Crippen LogP contribution is -2.20. The van der Waals surface area contributed by atoms with Gasteiger partial charge in [0.15, 0.2) is 11.3 Å². The van der Waals surface area contributed by atoms with Crippen molar-refractivity contribution in [3.05, 3.63) is 17.3 Å². The number of rotatable bonds is 4. The first-order valence-corrected chi connectivity index (χ1v) is 5.27. The summed E-state index contributed by atoms with van der Waals surface area (Å²) in [5, 5.41) is 0. The van der Waals surface area contributed by atoms with Gasteiger partial charge in [0.1, 0.15) is 0 Å².